The van der Waals surface area contributed by atoms with E-state index in [1.54, 1.807) is 12.4 Å². The molecule has 0 amide bonds. The van der Waals surface area contributed by atoms with Crippen LogP contribution in [0.4, 0.5) is 11.5 Å². The second-order valence-corrected chi connectivity index (χ2v) is 8.25. The molecule has 4 rings (SSSR count). The maximum Gasteiger partial charge on any atom is 0.170 e. The third-order valence-electron chi connectivity index (χ3n) is 4.87. The minimum atomic E-state index is -1.21. The standard InChI is InChI=1S/C22H26N6O/c1-21(2,3)28-12-18(19-20(28)26-13-27-22(19,24)25)14-7-9-16(10-8-14)29-17-6-4-5-15(23)11-17/h4-13H,23-25H2,1-3H3,(H,26,27). The topological polar surface area (TPSA) is 117 Å². The molecule has 0 unspecified atom stereocenters. The van der Waals surface area contributed by atoms with Gasteiger partial charge in [0.2, 0.25) is 0 Å². The van der Waals surface area contributed by atoms with Crippen LogP contribution < -0.4 is 27.3 Å². The van der Waals surface area contributed by atoms with Crippen LogP contribution in [-0.2, 0) is 11.3 Å². The first-order chi connectivity index (χ1) is 13.6. The molecular weight excluding hydrogens is 364 g/mol. The van der Waals surface area contributed by atoms with Gasteiger partial charge in [0.25, 0.3) is 0 Å². The van der Waals surface area contributed by atoms with Crippen molar-refractivity contribution in [3.05, 3.63) is 60.3 Å². The van der Waals surface area contributed by atoms with Crippen molar-refractivity contribution in [3.8, 4) is 22.6 Å². The summed E-state index contributed by atoms with van der Waals surface area (Å²) in [5, 5.41) is 2.95. The molecule has 1 aromatic heterocycles. The van der Waals surface area contributed by atoms with Gasteiger partial charge in [-0.15, -0.1) is 0 Å². The molecule has 0 radical (unpaired) electrons. The van der Waals surface area contributed by atoms with Crippen LogP contribution in [0.15, 0.2) is 59.7 Å². The number of hydrogen-bond donors (Lipinski definition) is 4. The highest BCUT2D eigenvalue weighted by Gasteiger charge is 2.35. The lowest BCUT2D eigenvalue weighted by Gasteiger charge is -2.31. The SMILES string of the molecule is CC(C)(C)n1cc(-c2ccc(Oc3cccc(N)c3)cc2)c2c1N=CNC2(N)N. The first-order valence-corrected chi connectivity index (χ1v) is 9.43. The number of nitrogens with zero attached hydrogens (tertiary/aromatic N) is 2. The smallest absolute Gasteiger partial charge is 0.170 e. The van der Waals surface area contributed by atoms with Gasteiger partial charge in [-0.3, -0.25) is 11.5 Å². The molecule has 0 atom stereocenters. The van der Waals surface area contributed by atoms with E-state index in [-0.39, 0.29) is 5.54 Å². The molecule has 7 nitrogen and oxygen atoms in total. The molecule has 3 aromatic rings. The van der Waals surface area contributed by atoms with E-state index >= 15 is 0 Å². The van der Waals surface area contributed by atoms with Crippen LogP contribution in [0.25, 0.3) is 11.1 Å². The predicted molar refractivity (Wildman–Crippen MR) is 117 cm³/mol. The maximum atomic E-state index is 6.36. The lowest BCUT2D eigenvalue weighted by atomic mass is 9.99. The Morgan fingerprint density at radius 3 is 2.41 bits per heavy atom. The van der Waals surface area contributed by atoms with Gasteiger partial charge in [-0.1, -0.05) is 18.2 Å². The Balaban J connectivity index is 1.74. The molecule has 0 aliphatic carbocycles. The highest BCUT2D eigenvalue weighted by Crippen LogP contribution is 2.41. The van der Waals surface area contributed by atoms with Crippen LogP contribution >= 0.6 is 0 Å². The fourth-order valence-corrected chi connectivity index (χ4v) is 3.45. The predicted octanol–water partition coefficient (Wildman–Crippen LogP) is 3.58. The summed E-state index contributed by atoms with van der Waals surface area (Å²) < 4.78 is 7.99. The Morgan fingerprint density at radius 1 is 1.03 bits per heavy atom. The average molecular weight is 390 g/mol. The number of rotatable bonds is 3. The number of hydrogen-bond acceptors (Lipinski definition) is 6. The molecule has 0 saturated carbocycles. The number of ether oxygens (including phenoxy) is 1. The molecule has 0 bridgehead atoms. The van der Waals surface area contributed by atoms with Crippen molar-refractivity contribution >= 4 is 17.8 Å². The molecule has 1 aliphatic heterocycles. The van der Waals surface area contributed by atoms with Gasteiger partial charge < -0.3 is 20.4 Å². The first-order valence-electron chi connectivity index (χ1n) is 9.43. The van der Waals surface area contributed by atoms with Gasteiger partial charge in [-0.2, -0.15) is 0 Å². The minimum absolute atomic E-state index is 0.177. The van der Waals surface area contributed by atoms with Crippen LogP contribution in [0.2, 0.25) is 0 Å². The molecule has 7 heteroatoms. The number of benzene rings is 2. The molecule has 2 aromatic carbocycles. The molecule has 150 valence electrons. The number of nitrogens with one attached hydrogen (secondary N) is 1. The van der Waals surface area contributed by atoms with Crippen molar-refractivity contribution in [1.82, 2.24) is 9.88 Å². The van der Waals surface area contributed by atoms with Crippen molar-refractivity contribution < 1.29 is 4.74 Å². The Kier molecular flexibility index (Phi) is 4.37. The van der Waals surface area contributed by atoms with Crippen LogP contribution in [0.5, 0.6) is 11.5 Å². The molecule has 1 aliphatic rings. The lowest BCUT2D eigenvalue weighted by molar-refractivity contribution is 0.390. The summed E-state index contributed by atoms with van der Waals surface area (Å²) in [6.45, 7) is 6.35. The van der Waals surface area contributed by atoms with Crippen LogP contribution in [0.3, 0.4) is 0 Å². The van der Waals surface area contributed by atoms with Crippen molar-refractivity contribution in [3.63, 3.8) is 0 Å². The van der Waals surface area contributed by atoms with E-state index in [1.165, 1.54) is 0 Å². The maximum absolute atomic E-state index is 6.36. The summed E-state index contributed by atoms with van der Waals surface area (Å²) in [6, 6.07) is 15.1. The number of aromatic nitrogens is 1. The summed E-state index contributed by atoms with van der Waals surface area (Å²) in [5.41, 5.74) is 21.7. The zero-order valence-corrected chi connectivity index (χ0v) is 16.8. The van der Waals surface area contributed by atoms with Crippen molar-refractivity contribution in [1.29, 1.82) is 0 Å². The molecule has 29 heavy (non-hydrogen) atoms. The van der Waals surface area contributed by atoms with Gasteiger partial charge >= 0.3 is 0 Å². The number of fused-ring (bicyclic) bond motifs is 1. The highest BCUT2D eigenvalue weighted by molar-refractivity contribution is 5.79. The molecule has 0 saturated heterocycles. The van der Waals surface area contributed by atoms with Gasteiger partial charge in [0, 0.05) is 29.1 Å². The van der Waals surface area contributed by atoms with E-state index in [2.05, 4.69) is 41.8 Å². The van der Waals surface area contributed by atoms with Gasteiger partial charge in [-0.25, -0.2) is 4.99 Å². The largest absolute Gasteiger partial charge is 0.457 e. The van der Waals surface area contributed by atoms with Crippen LogP contribution in [-0.4, -0.2) is 10.9 Å². The van der Waals surface area contributed by atoms with Gasteiger partial charge in [0.05, 0.1) is 11.9 Å². The third kappa shape index (κ3) is 3.57. The summed E-state index contributed by atoms with van der Waals surface area (Å²) in [5.74, 6) is 0.956. The van der Waals surface area contributed by atoms with Crippen molar-refractivity contribution in [2.75, 3.05) is 5.73 Å². The Labute approximate surface area is 170 Å². The molecule has 7 N–H and O–H groups in total. The van der Waals surface area contributed by atoms with Crippen molar-refractivity contribution in [2.24, 2.45) is 16.5 Å². The van der Waals surface area contributed by atoms with E-state index in [0.717, 1.165) is 22.5 Å². The lowest BCUT2D eigenvalue weighted by Crippen LogP contribution is -2.58. The second kappa shape index (κ2) is 6.65. The Bertz CT molecular complexity index is 1070. The van der Waals surface area contributed by atoms with Gasteiger partial charge in [0.15, 0.2) is 5.79 Å². The number of nitrogen functional groups attached to an aromatic ring is 1. The summed E-state index contributed by atoms with van der Waals surface area (Å²) in [4.78, 5) is 4.51. The molecule has 0 spiro atoms. The quantitative estimate of drug-likeness (QED) is 0.403. The first kappa shape index (κ1) is 19.0. The van der Waals surface area contributed by atoms with Gasteiger partial charge in [-0.05, 0) is 50.6 Å². The van der Waals surface area contributed by atoms with Crippen molar-refractivity contribution in [2.45, 2.75) is 32.1 Å². The fraction of sp³-hybridized carbons (Fsp3) is 0.227. The van der Waals surface area contributed by atoms with Gasteiger partial charge in [0.1, 0.15) is 17.3 Å². The van der Waals surface area contributed by atoms with E-state index in [9.17, 15) is 0 Å². The Hall–Kier alpha value is -3.29. The summed E-state index contributed by atoms with van der Waals surface area (Å²) in [7, 11) is 0. The van der Waals surface area contributed by atoms with Crippen LogP contribution in [0.1, 0.15) is 26.3 Å². The monoisotopic (exact) mass is 390 g/mol. The fourth-order valence-electron chi connectivity index (χ4n) is 3.45. The zero-order valence-electron chi connectivity index (χ0n) is 16.8. The van der Waals surface area contributed by atoms with Crippen LogP contribution in [0, 0.1) is 0 Å². The normalized spacial score (nSPS) is 14.9. The second-order valence-electron chi connectivity index (χ2n) is 8.25. The summed E-state index contributed by atoms with van der Waals surface area (Å²) >= 11 is 0. The number of nitrogens with two attached hydrogens (primary N) is 3. The average Bonchev–Trinajstić information content (AvgIpc) is 3.04. The van der Waals surface area contributed by atoms with E-state index in [4.69, 9.17) is 21.9 Å². The molecular formula is C22H26N6O. The number of anilines is 1. The minimum Gasteiger partial charge on any atom is -0.457 e. The molecule has 2 heterocycles. The van der Waals surface area contributed by atoms with E-state index in [0.29, 0.717) is 17.2 Å². The highest BCUT2D eigenvalue weighted by atomic mass is 16.5. The Morgan fingerprint density at radius 2 is 1.76 bits per heavy atom. The van der Waals surface area contributed by atoms with E-state index < -0.39 is 5.79 Å². The molecule has 0 fully saturated rings. The zero-order chi connectivity index (χ0) is 20.8. The van der Waals surface area contributed by atoms with E-state index in [1.807, 2.05) is 42.5 Å². The number of aliphatic imine (C=N–C) groups is 1. The summed E-state index contributed by atoms with van der Waals surface area (Å²) in [6.07, 6.45) is 3.61. The third-order valence-corrected chi connectivity index (χ3v) is 4.87.